The van der Waals surface area contributed by atoms with Crippen LogP contribution in [0.15, 0.2) is 30.3 Å². The molecule has 1 aromatic carbocycles. The van der Waals surface area contributed by atoms with Crippen molar-refractivity contribution in [3.05, 3.63) is 35.9 Å². The number of amides is 5. The quantitative estimate of drug-likeness (QED) is 0.0728. The van der Waals surface area contributed by atoms with Crippen LogP contribution in [-0.4, -0.2) is 111 Å². The molecule has 0 saturated heterocycles. The third-order valence-corrected chi connectivity index (χ3v) is 5.89. The van der Waals surface area contributed by atoms with Gasteiger partial charge in [0, 0.05) is 44.0 Å². The van der Waals surface area contributed by atoms with Gasteiger partial charge in [-0.3, -0.25) is 28.8 Å². The highest BCUT2D eigenvalue weighted by molar-refractivity contribution is 7.80. The summed E-state index contributed by atoms with van der Waals surface area (Å²) in [6, 6.07) is 3.75. The van der Waals surface area contributed by atoms with Crippen molar-refractivity contribution >= 4 is 66.0 Å². The first-order valence-corrected chi connectivity index (χ1v) is 14.2. The number of carboxylic acid groups (broad SMARTS) is 4. The number of carbonyl (C=O) groups is 9. The van der Waals surface area contributed by atoms with Crippen LogP contribution in [0.4, 0.5) is 0 Å². The highest BCUT2D eigenvalue weighted by Gasteiger charge is 2.25. The van der Waals surface area contributed by atoms with Crippen molar-refractivity contribution in [3.8, 4) is 0 Å². The van der Waals surface area contributed by atoms with Gasteiger partial charge in [0.2, 0.25) is 23.6 Å². The van der Waals surface area contributed by atoms with Gasteiger partial charge in [0.25, 0.3) is 11.9 Å². The number of carbonyl (C=O) groups excluding carboxylic acids is 5. The Labute approximate surface area is 268 Å². The molecule has 0 aromatic heterocycles. The number of hydrogen-bond donors (Lipinski definition) is 10. The van der Waals surface area contributed by atoms with E-state index in [4.69, 9.17) is 15.0 Å². The molecule has 3 unspecified atom stereocenters. The summed E-state index contributed by atoms with van der Waals surface area (Å²) in [5.41, 5.74) is 0.223. The second-order valence-electron chi connectivity index (χ2n) is 9.30. The predicted molar refractivity (Wildman–Crippen MR) is 161 cm³/mol. The zero-order valence-corrected chi connectivity index (χ0v) is 25.6. The van der Waals surface area contributed by atoms with E-state index >= 15 is 0 Å². The molecule has 5 amide bonds. The molecule has 0 aliphatic heterocycles. The molecule has 0 aliphatic carbocycles. The van der Waals surface area contributed by atoms with Crippen molar-refractivity contribution in [1.82, 2.24) is 26.6 Å². The number of thiol groups is 1. The van der Waals surface area contributed by atoms with Crippen LogP contribution in [0.1, 0.15) is 49.4 Å². The largest absolute Gasteiger partial charge is 0.481 e. The van der Waals surface area contributed by atoms with Crippen molar-refractivity contribution in [2.75, 3.05) is 18.8 Å². The molecule has 0 fully saturated rings. The van der Waals surface area contributed by atoms with Crippen molar-refractivity contribution < 1.29 is 63.6 Å². The molecule has 1 aromatic rings. The molecule has 0 saturated carbocycles. The molecule has 0 bridgehead atoms. The Morgan fingerprint density at radius 1 is 0.630 bits per heavy atom. The van der Waals surface area contributed by atoms with Crippen LogP contribution in [0, 0.1) is 0 Å². The molecule has 18 nitrogen and oxygen atoms in total. The number of aliphatic carboxylic acids is 4. The third kappa shape index (κ3) is 19.2. The first kappa shape index (κ1) is 40.8. The summed E-state index contributed by atoms with van der Waals surface area (Å²) in [7, 11) is 0. The van der Waals surface area contributed by atoms with E-state index in [0.717, 1.165) is 6.92 Å². The Bertz CT molecular complexity index is 1240. The summed E-state index contributed by atoms with van der Waals surface area (Å²) >= 11 is 3.80. The number of rotatable bonds is 19. The van der Waals surface area contributed by atoms with Gasteiger partial charge in [0.1, 0.15) is 18.1 Å². The number of hydrogen-bond acceptors (Lipinski definition) is 10. The molecule has 0 heterocycles. The summed E-state index contributed by atoms with van der Waals surface area (Å²) in [6.07, 6.45) is -1.58. The van der Waals surface area contributed by atoms with Crippen LogP contribution in [0.3, 0.4) is 0 Å². The minimum Gasteiger partial charge on any atom is -0.481 e. The zero-order valence-electron chi connectivity index (χ0n) is 24.7. The molecule has 46 heavy (non-hydrogen) atoms. The average Bonchev–Trinajstić information content (AvgIpc) is 2.98. The lowest BCUT2D eigenvalue weighted by Gasteiger charge is -2.17. The van der Waals surface area contributed by atoms with Gasteiger partial charge in [-0.1, -0.05) is 18.2 Å². The Balaban J connectivity index is 0.00000476. The van der Waals surface area contributed by atoms with Crippen LogP contribution < -0.4 is 26.6 Å². The van der Waals surface area contributed by atoms with E-state index in [1.807, 2.05) is 0 Å². The lowest BCUT2D eigenvalue weighted by Crippen LogP contribution is -2.46. The standard InChI is InChI=1S/C25H33N5O11S.C2H4O2/c31-18(26-11-10-19(32)27-12-21(34)29-17(13-42)25(40)41)8-6-15(23(36)37)28-20(33)9-7-16(24(38)39)30-22(35)14-4-2-1-3-5-14;1-2(3)4/h1-5,15-17,42H,6-13H2,(H,26,31)(H,27,32)(H,28,33)(H,29,34)(H,30,35)(H,36,37)(H,38,39)(H,40,41);1H3,(H,3,4). The van der Waals surface area contributed by atoms with E-state index in [1.165, 1.54) is 12.1 Å². The first-order valence-electron chi connectivity index (χ1n) is 13.5. The summed E-state index contributed by atoms with van der Waals surface area (Å²) in [6.45, 7) is 0.451. The molecular weight excluding hydrogens is 634 g/mol. The van der Waals surface area contributed by atoms with Crippen molar-refractivity contribution in [1.29, 1.82) is 0 Å². The van der Waals surface area contributed by atoms with Crippen LogP contribution >= 0.6 is 12.6 Å². The van der Waals surface area contributed by atoms with Crippen molar-refractivity contribution in [2.24, 2.45) is 0 Å². The van der Waals surface area contributed by atoms with E-state index in [0.29, 0.717) is 0 Å². The van der Waals surface area contributed by atoms with E-state index in [-0.39, 0.29) is 43.5 Å². The fourth-order valence-electron chi connectivity index (χ4n) is 3.27. The molecule has 254 valence electrons. The van der Waals surface area contributed by atoms with E-state index in [9.17, 15) is 48.6 Å². The van der Waals surface area contributed by atoms with Gasteiger partial charge in [-0.15, -0.1) is 0 Å². The molecular formula is C27H37N5O13S. The van der Waals surface area contributed by atoms with Gasteiger partial charge < -0.3 is 47.0 Å². The van der Waals surface area contributed by atoms with Crippen molar-refractivity contribution in [3.63, 3.8) is 0 Å². The molecule has 1 rings (SSSR count). The molecule has 0 aliphatic rings. The highest BCUT2D eigenvalue weighted by Crippen LogP contribution is 2.05. The fraction of sp³-hybridized carbons (Fsp3) is 0.444. The second kappa shape index (κ2) is 22.3. The lowest BCUT2D eigenvalue weighted by atomic mass is 10.1. The first-order chi connectivity index (χ1) is 21.6. The van der Waals surface area contributed by atoms with Gasteiger partial charge in [-0.25, -0.2) is 14.4 Å². The maximum absolute atomic E-state index is 12.3. The van der Waals surface area contributed by atoms with Gasteiger partial charge in [0.05, 0.1) is 6.54 Å². The zero-order chi connectivity index (χ0) is 35.2. The summed E-state index contributed by atoms with van der Waals surface area (Å²) < 4.78 is 0. The van der Waals surface area contributed by atoms with Gasteiger partial charge in [-0.2, -0.15) is 12.6 Å². The van der Waals surface area contributed by atoms with E-state index < -0.39 is 84.5 Å². The number of nitrogens with one attached hydrogen (secondary N) is 5. The molecule has 9 N–H and O–H groups in total. The van der Waals surface area contributed by atoms with Crippen LogP contribution in [0.2, 0.25) is 0 Å². The minimum absolute atomic E-state index is 0.143. The topological polar surface area (TPSA) is 295 Å². The van der Waals surface area contributed by atoms with Crippen LogP contribution in [0.5, 0.6) is 0 Å². The van der Waals surface area contributed by atoms with Crippen LogP contribution in [0.25, 0.3) is 0 Å². The summed E-state index contributed by atoms with van der Waals surface area (Å²) in [5, 5.41) is 46.3. The molecule has 0 spiro atoms. The predicted octanol–water partition coefficient (Wildman–Crippen LogP) is -1.79. The average molecular weight is 672 g/mol. The minimum atomic E-state index is -1.46. The van der Waals surface area contributed by atoms with Crippen molar-refractivity contribution in [2.45, 2.75) is 57.2 Å². The lowest BCUT2D eigenvalue weighted by molar-refractivity contribution is -0.143. The van der Waals surface area contributed by atoms with Gasteiger partial charge >= 0.3 is 17.9 Å². The number of benzene rings is 1. The van der Waals surface area contributed by atoms with Gasteiger partial charge in [0.15, 0.2) is 0 Å². The van der Waals surface area contributed by atoms with E-state index in [2.05, 4.69) is 39.2 Å². The maximum Gasteiger partial charge on any atom is 0.327 e. The van der Waals surface area contributed by atoms with Gasteiger partial charge in [-0.05, 0) is 25.0 Å². The van der Waals surface area contributed by atoms with E-state index in [1.54, 1.807) is 18.2 Å². The Kier molecular flexibility index (Phi) is 19.8. The summed E-state index contributed by atoms with van der Waals surface area (Å²) in [4.78, 5) is 103. The monoisotopic (exact) mass is 671 g/mol. The fourth-order valence-corrected chi connectivity index (χ4v) is 3.51. The second-order valence-corrected chi connectivity index (χ2v) is 9.67. The molecule has 3 atom stereocenters. The smallest absolute Gasteiger partial charge is 0.327 e. The Hall–Kier alpha value is -5.20. The van der Waals surface area contributed by atoms with Crippen LogP contribution in [-0.2, 0) is 38.4 Å². The summed E-state index contributed by atoms with van der Waals surface area (Å²) in [5.74, 6) is -8.49. The highest BCUT2D eigenvalue weighted by atomic mass is 32.1. The Morgan fingerprint density at radius 3 is 1.59 bits per heavy atom. The normalized spacial score (nSPS) is 12.0. The SMILES string of the molecule is CC(=O)O.O=C(CCC(NC(=O)CCC(NC(=O)c1ccccc1)C(=O)O)C(=O)O)NCCC(=O)NCC(=O)NC(CS)C(=O)O. The molecule has 19 heteroatoms. The number of carboxylic acids is 4. The molecule has 0 radical (unpaired) electrons. The maximum atomic E-state index is 12.3. The third-order valence-electron chi connectivity index (χ3n) is 5.53. The Morgan fingerprint density at radius 2 is 1.09 bits per heavy atom.